The van der Waals surface area contributed by atoms with E-state index in [4.69, 9.17) is 23.2 Å². The molecular weight excluding hydrogens is 337 g/mol. The zero-order valence-corrected chi connectivity index (χ0v) is 13.6. The quantitative estimate of drug-likeness (QED) is 0.827. The Kier molecular flexibility index (Phi) is 4.86. The Morgan fingerprint density at radius 2 is 1.80 bits per heavy atom. The van der Waals surface area contributed by atoms with E-state index in [1.165, 1.54) is 23.9 Å². The number of nitrogens with one attached hydrogen (secondary N) is 1. The second kappa shape index (κ2) is 6.26. The normalized spacial score (nSPS) is 11.3. The highest BCUT2D eigenvalue weighted by Crippen LogP contribution is 2.30. The molecule has 0 bridgehead atoms. The van der Waals surface area contributed by atoms with Crippen LogP contribution in [0.3, 0.4) is 0 Å². The zero-order valence-electron chi connectivity index (χ0n) is 10.4. The molecule has 0 fully saturated rings. The van der Waals surface area contributed by atoms with Crippen molar-refractivity contribution in [3.8, 4) is 0 Å². The fourth-order valence-corrected chi connectivity index (χ4v) is 3.86. The first-order valence-electron chi connectivity index (χ1n) is 5.55. The molecule has 0 aliphatic carbocycles. The van der Waals surface area contributed by atoms with Crippen LogP contribution < -0.4 is 4.72 Å². The van der Waals surface area contributed by atoms with E-state index in [-0.39, 0.29) is 14.9 Å². The van der Waals surface area contributed by atoms with E-state index in [9.17, 15) is 8.42 Å². The van der Waals surface area contributed by atoms with Gasteiger partial charge in [-0.05, 0) is 36.6 Å². The average Bonchev–Trinajstić information content (AvgIpc) is 2.41. The Bertz CT molecular complexity index is 733. The smallest absolute Gasteiger partial charge is 0.263 e. The molecule has 0 unspecified atom stereocenters. The van der Waals surface area contributed by atoms with Crippen molar-refractivity contribution in [2.75, 3.05) is 11.0 Å². The van der Waals surface area contributed by atoms with Crippen molar-refractivity contribution in [2.45, 2.75) is 9.79 Å². The molecule has 0 atom stereocenters. The first-order valence-corrected chi connectivity index (χ1v) is 9.01. The van der Waals surface area contributed by atoms with E-state index < -0.39 is 10.0 Å². The molecule has 0 spiro atoms. The second-order valence-electron chi connectivity index (χ2n) is 3.89. The lowest BCUT2D eigenvalue weighted by Gasteiger charge is -2.10. The summed E-state index contributed by atoms with van der Waals surface area (Å²) in [7, 11) is -3.77. The maximum Gasteiger partial charge on any atom is 0.263 e. The molecule has 0 saturated heterocycles. The standard InChI is InChI=1S/C13H11Cl2NO2S2/c1-19-10-5-2-4-9(8-10)16-20(17,18)12-7-3-6-11(14)13(12)15/h2-8,16H,1H3. The molecule has 0 aliphatic rings. The molecule has 7 heteroatoms. The fraction of sp³-hybridized carbons (Fsp3) is 0.0769. The number of thioether (sulfide) groups is 1. The summed E-state index contributed by atoms with van der Waals surface area (Å²) in [6.45, 7) is 0. The summed E-state index contributed by atoms with van der Waals surface area (Å²) in [5, 5.41) is 0.218. The van der Waals surface area contributed by atoms with Gasteiger partial charge in [0.1, 0.15) is 4.90 Å². The largest absolute Gasteiger partial charge is 0.280 e. The van der Waals surface area contributed by atoms with Gasteiger partial charge in [-0.1, -0.05) is 35.3 Å². The lowest BCUT2D eigenvalue weighted by molar-refractivity contribution is 0.601. The third-order valence-electron chi connectivity index (χ3n) is 2.53. The van der Waals surface area contributed by atoms with Gasteiger partial charge in [-0.2, -0.15) is 0 Å². The van der Waals surface area contributed by atoms with Crippen molar-refractivity contribution >= 4 is 50.7 Å². The van der Waals surface area contributed by atoms with Gasteiger partial charge in [-0.25, -0.2) is 8.42 Å². The minimum Gasteiger partial charge on any atom is -0.280 e. The van der Waals surface area contributed by atoms with E-state index in [1.54, 1.807) is 24.3 Å². The van der Waals surface area contributed by atoms with Crippen LogP contribution in [-0.2, 0) is 10.0 Å². The van der Waals surface area contributed by atoms with Gasteiger partial charge in [0.2, 0.25) is 0 Å². The summed E-state index contributed by atoms with van der Waals surface area (Å²) in [6, 6.07) is 11.6. The van der Waals surface area contributed by atoms with Gasteiger partial charge in [0.25, 0.3) is 10.0 Å². The number of hydrogen-bond donors (Lipinski definition) is 1. The first-order chi connectivity index (χ1) is 9.44. The predicted molar refractivity (Wildman–Crippen MR) is 85.5 cm³/mol. The maximum atomic E-state index is 12.3. The molecule has 0 radical (unpaired) electrons. The van der Waals surface area contributed by atoms with Gasteiger partial charge in [0, 0.05) is 10.6 Å². The van der Waals surface area contributed by atoms with Gasteiger partial charge in [0.15, 0.2) is 0 Å². The van der Waals surface area contributed by atoms with Crippen molar-refractivity contribution in [1.82, 2.24) is 0 Å². The molecule has 3 nitrogen and oxygen atoms in total. The number of benzene rings is 2. The SMILES string of the molecule is CSc1cccc(NS(=O)(=O)c2cccc(Cl)c2Cl)c1. The fourth-order valence-electron chi connectivity index (χ4n) is 1.59. The lowest BCUT2D eigenvalue weighted by Crippen LogP contribution is -2.13. The lowest BCUT2D eigenvalue weighted by atomic mass is 10.3. The Labute approximate surface area is 132 Å². The zero-order chi connectivity index (χ0) is 14.8. The van der Waals surface area contributed by atoms with Gasteiger partial charge < -0.3 is 0 Å². The molecule has 20 heavy (non-hydrogen) atoms. The molecule has 106 valence electrons. The topological polar surface area (TPSA) is 46.2 Å². The second-order valence-corrected chi connectivity index (χ2v) is 7.21. The maximum absolute atomic E-state index is 12.3. The van der Waals surface area contributed by atoms with Gasteiger partial charge in [-0.3, -0.25) is 4.72 Å². The molecular formula is C13H11Cl2NO2S2. The average molecular weight is 348 g/mol. The third-order valence-corrected chi connectivity index (χ3v) is 5.61. The predicted octanol–water partition coefficient (Wildman–Crippen LogP) is 4.52. The molecule has 0 saturated carbocycles. The highest BCUT2D eigenvalue weighted by molar-refractivity contribution is 7.98. The van der Waals surface area contributed by atoms with Crippen LogP contribution >= 0.6 is 35.0 Å². The number of sulfonamides is 1. The van der Waals surface area contributed by atoms with Crippen LogP contribution in [0.15, 0.2) is 52.3 Å². The summed E-state index contributed by atoms with van der Waals surface area (Å²) in [4.78, 5) is 0.920. The summed E-state index contributed by atoms with van der Waals surface area (Å²) >= 11 is 13.3. The minimum atomic E-state index is -3.77. The molecule has 2 aromatic rings. The van der Waals surface area contributed by atoms with E-state index in [2.05, 4.69) is 4.72 Å². The summed E-state index contributed by atoms with van der Waals surface area (Å²) < 4.78 is 27.1. The number of halogens is 2. The molecule has 0 aliphatic heterocycles. The van der Waals surface area contributed by atoms with Gasteiger partial charge >= 0.3 is 0 Å². The van der Waals surface area contributed by atoms with Crippen molar-refractivity contribution in [2.24, 2.45) is 0 Å². The molecule has 0 aromatic heterocycles. The Hall–Kier alpha value is -0.880. The van der Waals surface area contributed by atoms with E-state index in [0.717, 1.165) is 4.90 Å². The number of rotatable bonds is 4. The van der Waals surface area contributed by atoms with Crippen molar-refractivity contribution in [3.63, 3.8) is 0 Å². The summed E-state index contributed by atoms with van der Waals surface area (Å²) in [5.74, 6) is 0. The van der Waals surface area contributed by atoms with Gasteiger partial charge in [0.05, 0.1) is 10.0 Å². The van der Waals surface area contributed by atoms with Crippen LogP contribution in [0.25, 0.3) is 0 Å². The molecule has 1 N–H and O–H groups in total. The summed E-state index contributed by atoms with van der Waals surface area (Å²) in [5.41, 5.74) is 0.480. The highest BCUT2D eigenvalue weighted by atomic mass is 35.5. The van der Waals surface area contributed by atoms with E-state index >= 15 is 0 Å². The van der Waals surface area contributed by atoms with Crippen LogP contribution in [0.4, 0.5) is 5.69 Å². The van der Waals surface area contributed by atoms with Crippen LogP contribution in [0.5, 0.6) is 0 Å². The van der Waals surface area contributed by atoms with Crippen molar-refractivity contribution in [1.29, 1.82) is 0 Å². The van der Waals surface area contributed by atoms with Crippen molar-refractivity contribution in [3.05, 3.63) is 52.5 Å². The third kappa shape index (κ3) is 3.41. The Morgan fingerprint density at radius 1 is 1.10 bits per heavy atom. The van der Waals surface area contributed by atoms with E-state index in [1.807, 2.05) is 12.3 Å². The highest BCUT2D eigenvalue weighted by Gasteiger charge is 2.19. The number of anilines is 1. The van der Waals surface area contributed by atoms with Crippen LogP contribution in [0.2, 0.25) is 10.0 Å². The van der Waals surface area contributed by atoms with Gasteiger partial charge in [-0.15, -0.1) is 11.8 Å². The van der Waals surface area contributed by atoms with Crippen LogP contribution in [0, 0.1) is 0 Å². The van der Waals surface area contributed by atoms with Crippen LogP contribution in [0.1, 0.15) is 0 Å². The minimum absolute atomic E-state index is 0.0164. The molecule has 0 amide bonds. The Morgan fingerprint density at radius 3 is 2.50 bits per heavy atom. The van der Waals surface area contributed by atoms with E-state index in [0.29, 0.717) is 5.69 Å². The molecule has 2 rings (SSSR count). The molecule has 2 aromatic carbocycles. The first kappa shape index (κ1) is 15.5. The number of hydrogen-bond acceptors (Lipinski definition) is 3. The summed E-state index contributed by atoms with van der Waals surface area (Å²) in [6.07, 6.45) is 1.92. The van der Waals surface area contributed by atoms with Crippen LogP contribution in [-0.4, -0.2) is 14.7 Å². The Balaban J connectivity index is 2.38. The monoisotopic (exact) mass is 347 g/mol. The molecule has 0 heterocycles. The van der Waals surface area contributed by atoms with Crippen molar-refractivity contribution < 1.29 is 8.42 Å².